The lowest BCUT2D eigenvalue weighted by atomic mass is 9.93. The van der Waals surface area contributed by atoms with Crippen LogP contribution in [0.4, 0.5) is 5.82 Å². The van der Waals surface area contributed by atoms with E-state index in [0.717, 1.165) is 42.5 Å². The van der Waals surface area contributed by atoms with Crippen molar-refractivity contribution in [2.75, 3.05) is 18.0 Å². The van der Waals surface area contributed by atoms with Crippen molar-refractivity contribution in [2.45, 2.75) is 32.0 Å². The lowest BCUT2D eigenvalue weighted by molar-refractivity contribution is 0.0350. The van der Waals surface area contributed by atoms with Crippen LogP contribution in [-0.4, -0.2) is 33.9 Å². The first-order chi connectivity index (χ1) is 9.59. The van der Waals surface area contributed by atoms with Crippen LogP contribution in [0.1, 0.15) is 25.5 Å². The molecule has 0 atom stereocenters. The summed E-state index contributed by atoms with van der Waals surface area (Å²) >= 11 is 0. The molecule has 0 spiro atoms. The Balaban J connectivity index is 2.02. The van der Waals surface area contributed by atoms with Gasteiger partial charge < -0.3 is 15.1 Å². The van der Waals surface area contributed by atoms with Gasteiger partial charge in [-0.3, -0.25) is 0 Å². The van der Waals surface area contributed by atoms with Gasteiger partial charge in [0, 0.05) is 18.5 Å². The Kier molecular flexibility index (Phi) is 3.36. The molecule has 4 heteroatoms. The van der Waals surface area contributed by atoms with Crippen molar-refractivity contribution in [2.24, 2.45) is 0 Å². The molecule has 1 aliphatic heterocycles. The summed E-state index contributed by atoms with van der Waals surface area (Å²) in [6.45, 7) is 3.42. The Morgan fingerprint density at radius 2 is 1.95 bits per heavy atom. The molecule has 2 aromatic rings. The number of anilines is 1. The van der Waals surface area contributed by atoms with E-state index < -0.39 is 5.60 Å². The van der Waals surface area contributed by atoms with E-state index in [0.29, 0.717) is 5.69 Å². The fourth-order valence-corrected chi connectivity index (χ4v) is 2.76. The minimum atomic E-state index is -0.569. The highest BCUT2D eigenvalue weighted by atomic mass is 16.3. The molecule has 3 rings (SSSR count). The van der Waals surface area contributed by atoms with Crippen molar-refractivity contribution in [3.05, 3.63) is 36.0 Å². The van der Waals surface area contributed by atoms with E-state index in [1.54, 1.807) is 0 Å². The molecule has 0 bridgehead atoms. The second-order valence-corrected chi connectivity index (χ2v) is 5.80. The second kappa shape index (κ2) is 5.04. The quantitative estimate of drug-likeness (QED) is 0.879. The molecule has 106 valence electrons. The lowest BCUT2D eigenvalue weighted by Crippen LogP contribution is -2.42. The molecule has 1 saturated heterocycles. The van der Waals surface area contributed by atoms with Crippen molar-refractivity contribution in [1.29, 1.82) is 0 Å². The number of pyridine rings is 1. The molecule has 0 aliphatic carbocycles. The number of rotatable bonds is 2. The zero-order valence-corrected chi connectivity index (χ0v) is 11.7. The number of nitrogens with zero attached hydrogens (tertiary/aromatic N) is 2. The number of aromatic nitrogens is 1. The van der Waals surface area contributed by atoms with Gasteiger partial charge in [-0.2, -0.15) is 0 Å². The largest absolute Gasteiger partial charge is 0.390 e. The molecule has 1 aromatic carbocycles. The minimum absolute atomic E-state index is 0.0522. The van der Waals surface area contributed by atoms with E-state index in [9.17, 15) is 10.2 Å². The summed E-state index contributed by atoms with van der Waals surface area (Å²) in [5.74, 6) is 0.919. The predicted octanol–water partition coefficient (Wildman–Crippen LogP) is 2.08. The van der Waals surface area contributed by atoms with Crippen LogP contribution >= 0.6 is 0 Å². The van der Waals surface area contributed by atoms with Crippen LogP contribution in [0, 0.1) is 0 Å². The zero-order valence-electron chi connectivity index (χ0n) is 11.7. The van der Waals surface area contributed by atoms with Crippen LogP contribution in [0.2, 0.25) is 0 Å². The summed E-state index contributed by atoms with van der Waals surface area (Å²) < 4.78 is 0. The third kappa shape index (κ3) is 2.49. The van der Waals surface area contributed by atoms with Crippen molar-refractivity contribution >= 4 is 16.6 Å². The molecule has 2 N–H and O–H groups in total. The van der Waals surface area contributed by atoms with Crippen molar-refractivity contribution in [1.82, 2.24) is 4.98 Å². The first kappa shape index (κ1) is 13.3. The van der Waals surface area contributed by atoms with Crippen LogP contribution in [0.25, 0.3) is 10.8 Å². The monoisotopic (exact) mass is 272 g/mol. The van der Waals surface area contributed by atoms with Gasteiger partial charge in [0.05, 0.1) is 17.9 Å². The maximum absolute atomic E-state index is 10.1. The first-order valence-corrected chi connectivity index (χ1v) is 7.06. The molecule has 0 unspecified atom stereocenters. The molecular formula is C16H20N2O2. The number of hydrogen-bond donors (Lipinski definition) is 2. The van der Waals surface area contributed by atoms with E-state index in [-0.39, 0.29) is 6.61 Å². The van der Waals surface area contributed by atoms with Crippen molar-refractivity contribution < 1.29 is 10.2 Å². The molecule has 1 aliphatic rings. The number of hydrogen-bond acceptors (Lipinski definition) is 4. The van der Waals surface area contributed by atoms with E-state index in [4.69, 9.17) is 0 Å². The number of piperidine rings is 1. The third-order valence-electron chi connectivity index (χ3n) is 4.08. The first-order valence-electron chi connectivity index (χ1n) is 7.06. The Hall–Kier alpha value is -1.65. The Bertz CT molecular complexity index is 615. The summed E-state index contributed by atoms with van der Waals surface area (Å²) in [7, 11) is 0. The van der Waals surface area contributed by atoms with E-state index in [1.807, 2.05) is 31.2 Å². The van der Waals surface area contributed by atoms with Gasteiger partial charge >= 0.3 is 0 Å². The fraction of sp³-hybridized carbons (Fsp3) is 0.438. The van der Waals surface area contributed by atoms with Gasteiger partial charge in [0.15, 0.2) is 0 Å². The highest BCUT2D eigenvalue weighted by molar-refractivity contribution is 5.92. The Labute approximate surface area is 118 Å². The molecule has 2 heterocycles. The number of fused-ring (bicyclic) bond motifs is 1. The highest BCUT2D eigenvalue weighted by Gasteiger charge is 2.28. The standard InChI is InChI=1S/C16H20N2O2/c1-16(20)6-8-18(9-7-16)15-14-5-3-2-4-12(14)10-13(11-19)17-15/h2-5,10,19-20H,6-9,11H2,1H3. The second-order valence-electron chi connectivity index (χ2n) is 5.80. The van der Waals surface area contributed by atoms with Crippen molar-refractivity contribution in [3.8, 4) is 0 Å². The molecule has 4 nitrogen and oxygen atoms in total. The maximum atomic E-state index is 10.1. The molecule has 20 heavy (non-hydrogen) atoms. The summed E-state index contributed by atoms with van der Waals surface area (Å²) in [4.78, 5) is 6.79. The van der Waals surface area contributed by atoms with Gasteiger partial charge in [-0.05, 0) is 31.2 Å². The van der Waals surface area contributed by atoms with Gasteiger partial charge in [-0.15, -0.1) is 0 Å². The average molecular weight is 272 g/mol. The smallest absolute Gasteiger partial charge is 0.136 e. The molecule has 0 radical (unpaired) electrons. The third-order valence-corrected chi connectivity index (χ3v) is 4.08. The number of aliphatic hydroxyl groups is 2. The SMILES string of the molecule is CC1(O)CCN(c2nc(CO)cc3ccccc23)CC1. The Morgan fingerprint density at radius 3 is 2.65 bits per heavy atom. The van der Waals surface area contributed by atoms with E-state index in [1.165, 1.54) is 0 Å². The molecular weight excluding hydrogens is 252 g/mol. The predicted molar refractivity (Wildman–Crippen MR) is 79.7 cm³/mol. The Morgan fingerprint density at radius 1 is 1.25 bits per heavy atom. The normalized spacial score (nSPS) is 18.4. The van der Waals surface area contributed by atoms with Crippen molar-refractivity contribution in [3.63, 3.8) is 0 Å². The number of benzene rings is 1. The zero-order chi connectivity index (χ0) is 14.2. The fourth-order valence-electron chi connectivity index (χ4n) is 2.76. The van der Waals surface area contributed by atoms with Gasteiger partial charge in [0.2, 0.25) is 0 Å². The summed E-state index contributed by atoms with van der Waals surface area (Å²) in [5, 5.41) is 21.6. The van der Waals surface area contributed by atoms with Crippen LogP contribution in [0.5, 0.6) is 0 Å². The van der Waals surface area contributed by atoms with Crippen LogP contribution in [0.15, 0.2) is 30.3 Å². The molecule has 1 aromatic heterocycles. The lowest BCUT2D eigenvalue weighted by Gasteiger charge is -2.37. The van der Waals surface area contributed by atoms with Crippen LogP contribution in [-0.2, 0) is 6.61 Å². The van der Waals surface area contributed by atoms with Gasteiger partial charge in [0.25, 0.3) is 0 Å². The average Bonchev–Trinajstić information content (AvgIpc) is 2.46. The van der Waals surface area contributed by atoms with E-state index >= 15 is 0 Å². The van der Waals surface area contributed by atoms with Gasteiger partial charge in [-0.25, -0.2) is 4.98 Å². The summed E-state index contributed by atoms with van der Waals surface area (Å²) in [6.07, 6.45) is 1.48. The highest BCUT2D eigenvalue weighted by Crippen LogP contribution is 2.30. The minimum Gasteiger partial charge on any atom is -0.390 e. The maximum Gasteiger partial charge on any atom is 0.136 e. The summed E-state index contributed by atoms with van der Waals surface area (Å²) in [5.41, 5.74) is 0.122. The molecule has 1 fully saturated rings. The van der Waals surface area contributed by atoms with E-state index in [2.05, 4.69) is 16.0 Å². The van der Waals surface area contributed by atoms with Gasteiger partial charge in [0.1, 0.15) is 5.82 Å². The van der Waals surface area contributed by atoms with Crippen LogP contribution in [0.3, 0.4) is 0 Å². The molecule has 0 saturated carbocycles. The number of aliphatic hydroxyl groups excluding tert-OH is 1. The van der Waals surface area contributed by atoms with Gasteiger partial charge in [-0.1, -0.05) is 24.3 Å². The van der Waals surface area contributed by atoms with Crippen LogP contribution < -0.4 is 4.90 Å². The summed E-state index contributed by atoms with van der Waals surface area (Å²) in [6, 6.07) is 10.0. The topological polar surface area (TPSA) is 56.6 Å². The molecule has 0 amide bonds.